The molecule has 2 N–H and O–H groups in total. The van der Waals surface area contributed by atoms with E-state index in [-0.39, 0.29) is 30.6 Å². The summed E-state index contributed by atoms with van der Waals surface area (Å²) in [5, 5.41) is 23.2. The molecule has 0 saturated carbocycles. The predicted molar refractivity (Wildman–Crippen MR) is 134 cm³/mol. The SMILES string of the molecule is C[C@H](c1ccc(Cl)cc1Cl)n1nnc2ccc(N3CCN(C(=O)[C@H]4CCCN4)C(CO)C3)cc21. The van der Waals surface area contributed by atoms with Crippen molar-refractivity contribution in [2.75, 3.05) is 37.7 Å². The van der Waals surface area contributed by atoms with Crippen LogP contribution in [0.25, 0.3) is 11.0 Å². The summed E-state index contributed by atoms with van der Waals surface area (Å²) in [5.41, 5.74) is 3.61. The Morgan fingerprint density at radius 1 is 1.24 bits per heavy atom. The Balaban J connectivity index is 1.39. The number of aliphatic hydroxyl groups is 1. The highest BCUT2D eigenvalue weighted by Gasteiger charge is 2.35. The van der Waals surface area contributed by atoms with Gasteiger partial charge in [-0.25, -0.2) is 4.68 Å². The molecule has 180 valence electrons. The number of aliphatic hydroxyl groups excluding tert-OH is 1. The van der Waals surface area contributed by atoms with Crippen LogP contribution >= 0.6 is 23.2 Å². The lowest BCUT2D eigenvalue weighted by molar-refractivity contribution is -0.136. The van der Waals surface area contributed by atoms with E-state index in [4.69, 9.17) is 23.2 Å². The van der Waals surface area contributed by atoms with Crippen LogP contribution in [0, 0.1) is 0 Å². The second-order valence-corrected chi connectivity index (χ2v) is 9.86. The summed E-state index contributed by atoms with van der Waals surface area (Å²) in [7, 11) is 0. The Bertz CT molecular complexity index is 1200. The molecule has 1 unspecified atom stereocenters. The molecule has 0 bridgehead atoms. The highest BCUT2D eigenvalue weighted by atomic mass is 35.5. The van der Waals surface area contributed by atoms with Crippen LogP contribution in [0.3, 0.4) is 0 Å². The van der Waals surface area contributed by atoms with Crippen molar-refractivity contribution in [3.8, 4) is 0 Å². The van der Waals surface area contributed by atoms with Crippen molar-refractivity contribution in [3.05, 3.63) is 52.0 Å². The second-order valence-electron chi connectivity index (χ2n) is 9.01. The lowest BCUT2D eigenvalue weighted by atomic mass is 10.1. The maximum Gasteiger partial charge on any atom is 0.240 e. The number of fused-ring (bicyclic) bond motifs is 1. The number of amides is 1. The average Bonchev–Trinajstić information content (AvgIpc) is 3.53. The highest BCUT2D eigenvalue weighted by Crippen LogP contribution is 2.31. The fourth-order valence-electron chi connectivity index (χ4n) is 5.01. The van der Waals surface area contributed by atoms with Crippen LogP contribution in [0.1, 0.15) is 31.4 Å². The van der Waals surface area contributed by atoms with Crippen LogP contribution in [0.2, 0.25) is 10.0 Å². The van der Waals surface area contributed by atoms with Crippen molar-refractivity contribution < 1.29 is 9.90 Å². The molecular formula is C24H28Cl2N6O2. The van der Waals surface area contributed by atoms with E-state index in [1.807, 2.05) is 40.8 Å². The normalized spacial score (nSPS) is 21.9. The van der Waals surface area contributed by atoms with Gasteiger partial charge in [-0.15, -0.1) is 5.10 Å². The molecule has 0 aliphatic carbocycles. The number of piperazine rings is 1. The van der Waals surface area contributed by atoms with Gasteiger partial charge in [0.05, 0.1) is 30.2 Å². The molecule has 0 radical (unpaired) electrons. The first-order valence-electron chi connectivity index (χ1n) is 11.7. The van der Waals surface area contributed by atoms with Gasteiger partial charge in [-0.3, -0.25) is 4.79 Å². The van der Waals surface area contributed by atoms with Crippen molar-refractivity contribution >= 4 is 45.8 Å². The van der Waals surface area contributed by atoms with E-state index in [1.54, 1.807) is 6.07 Å². The molecule has 5 rings (SSSR count). The Morgan fingerprint density at radius 2 is 2.09 bits per heavy atom. The molecular weight excluding hydrogens is 475 g/mol. The van der Waals surface area contributed by atoms with Crippen LogP contribution < -0.4 is 10.2 Å². The topological polar surface area (TPSA) is 86.5 Å². The minimum absolute atomic E-state index is 0.0667. The number of hydrogen-bond donors (Lipinski definition) is 2. The maximum absolute atomic E-state index is 13.0. The third-order valence-electron chi connectivity index (χ3n) is 6.93. The molecule has 3 aromatic rings. The minimum Gasteiger partial charge on any atom is -0.394 e. The molecule has 2 saturated heterocycles. The summed E-state index contributed by atoms with van der Waals surface area (Å²) in [6.07, 6.45) is 1.88. The zero-order valence-electron chi connectivity index (χ0n) is 19.0. The second kappa shape index (κ2) is 9.70. The van der Waals surface area contributed by atoms with Crippen LogP contribution in [0.5, 0.6) is 0 Å². The molecule has 2 aliphatic rings. The van der Waals surface area contributed by atoms with Gasteiger partial charge in [0.1, 0.15) is 5.52 Å². The van der Waals surface area contributed by atoms with E-state index in [2.05, 4.69) is 26.6 Å². The van der Waals surface area contributed by atoms with Crippen molar-refractivity contribution in [1.29, 1.82) is 0 Å². The number of carbonyl (C=O) groups excluding carboxylic acids is 1. The average molecular weight is 503 g/mol. The minimum atomic E-state index is -0.241. The number of anilines is 1. The predicted octanol–water partition coefficient (Wildman–Crippen LogP) is 3.11. The molecule has 2 aliphatic heterocycles. The van der Waals surface area contributed by atoms with Crippen molar-refractivity contribution in [3.63, 3.8) is 0 Å². The van der Waals surface area contributed by atoms with Gasteiger partial charge in [0, 0.05) is 35.4 Å². The van der Waals surface area contributed by atoms with Gasteiger partial charge < -0.3 is 20.2 Å². The summed E-state index contributed by atoms with van der Waals surface area (Å²) >= 11 is 12.5. The lowest BCUT2D eigenvalue weighted by Crippen LogP contribution is -2.59. The molecule has 10 heteroatoms. The standard InChI is InChI=1S/C24H28Cl2N6O2/c1-15(19-6-4-16(25)11-20(19)26)32-23-12-17(5-7-21(23)28-29-32)30-9-10-31(18(13-30)14-33)24(34)22-3-2-8-27-22/h4-7,11-12,15,18,22,27,33H,2-3,8-10,13-14H2,1H3/t15-,18?,22-/m1/s1. The smallest absolute Gasteiger partial charge is 0.240 e. The van der Waals surface area contributed by atoms with E-state index in [0.717, 1.165) is 41.7 Å². The number of halogens is 2. The number of aromatic nitrogens is 3. The van der Waals surface area contributed by atoms with Gasteiger partial charge in [-0.2, -0.15) is 0 Å². The van der Waals surface area contributed by atoms with Gasteiger partial charge in [0.2, 0.25) is 5.91 Å². The van der Waals surface area contributed by atoms with E-state index < -0.39 is 0 Å². The third-order valence-corrected chi connectivity index (χ3v) is 7.50. The molecule has 2 aromatic carbocycles. The Kier molecular flexibility index (Phi) is 6.66. The fraction of sp³-hybridized carbons (Fsp3) is 0.458. The van der Waals surface area contributed by atoms with E-state index in [0.29, 0.717) is 29.7 Å². The number of rotatable bonds is 5. The number of carbonyl (C=O) groups is 1. The summed E-state index contributed by atoms with van der Waals surface area (Å²) in [6.45, 7) is 4.68. The zero-order chi connectivity index (χ0) is 23.8. The van der Waals surface area contributed by atoms with Gasteiger partial charge in [-0.1, -0.05) is 34.5 Å². The molecule has 3 atom stereocenters. The zero-order valence-corrected chi connectivity index (χ0v) is 20.5. The number of nitrogens with zero attached hydrogens (tertiary/aromatic N) is 5. The molecule has 2 fully saturated rings. The molecule has 1 aromatic heterocycles. The van der Waals surface area contributed by atoms with E-state index in [9.17, 15) is 9.90 Å². The molecule has 34 heavy (non-hydrogen) atoms. The van der Waals surface area contributed by atoms with E-state index >= 15 is 0 Å². The molecule has 1 amide bonds. The monoisotopic (exact) mass is 502 g/mol. The Labute approximate surface area is 208 Å². The van der Waals surface area contributed by atoms with Gasteiger partial charge in [0.15, 0.2) is 0 Å². The summed E-state index contributed by atoms with van der Waals surface area (Å²) in [6, 6.07) is 11.0. The van der Waals surface area contributed by atoms with Gasteiger partial charge >= 0.3 is 0 Å². The third kappa shape index (κ3) is 4.35. The highest BCUT2D eigenvalue weighted by molar-refractivity contribution is 6.35. The number of benzene rings is 2. The maximum atomic E-state index is 13.0. The van der Waals surface area contributed by atoms with Crippen LogP contribution in [0.4, 0.5) is 5.69 Å². The van der Waals surface area contributed by atoms with Crippen LogP contribution in [0.15, 0.2) is 36.4 Å². The fourth-order valence-corrected chi connectivity index (χ4v) is 5.58. The van der Waals surface area contributed by atoms with E-state index in [1.165, 1.54) is 0 Å². The lowest BCUT2D eigenvalue weighted by Gasteiger charge is -2.42. The van der Waals surface area contributed by atoms with Gasteiger partial charge in [-0.05, 0) is 62.2 Å². The van der Waals surface area contributed by atoms with Crippen molar-refractivity contribution in [2.24, 2.45) is 0 Å². The largest absolute Gasteiger partial charge is 0.394 e. The molecule has 8 nitrogen and oxygen atoms in total. The number of nitrogens with one attached hydrogen (secondary N) is 1. The summed E-state index contributed by atoms with van der Waals surface area (Å²) in [4.78, 5) is 17.0. The Morgan fingerprint density at radius 3 is 2.82 bits per heavy atom. The molecule has 0 spiro atoms. The summed E-state index contributed by atoms with van der Waals surface area (Å²) < 4.78 is 1.86. The van der Waals surface area contributed by atoms with Crippen molar-refractivity contribution in [2.45, 2.75) is 37.9 Å². The Hall–Kier alpha value is -2.39. The first-order chi connectivity index (χ1) is 16.5. The quantitative estimate of drug-likeness (QED) is 0.557. The molecule has 3 heterocycles. The van der Waals surface area contributed by atoms with Crippen LogP contribution in [-0.2, 0) is 4.79 Å². The first kappa shape index (κ1) is 23.4. The van der Waals surface area contributed by atoms with Crippen molar-refractivity contribution in [1.82, 2.24) is 25.2 Å². The summed E-state index contributed by atoms with van der Waals surface area (Å²) in [5.74, 6) is 0.0996. The van der Waals surface area contributed by atoms with Crippen LogP contribution in [-0.4, -0.2) is 75.8 Å². The van der Waals surface area contributed by atoms with Gasteiger partial charge in [0.25, 0.3) is 0 Å². The number of hydrogen-bond acceptors (Lipinski definition) is 6. The first-order valence-corrected chi connectivity index (χ1v) is 12.4.